The molecule has 0 aromatic carbocycles. The van der Waals surface area contributed by atoms with Crippen LogP contribution in [-0.2, 0) is 4.74 Å². The molecule has 1 aromatic heterocycles. The van der Waals surface area contributed by atoms with Crippen LogP contribution < -0.4 is 124 Å². The predicted molar refractivity (Wildman–Crippen MR) is 66.1 cm³/mol. The molecule has 1 aliphatic rings. The molecule has 0 radical (unpaired) electrons. The van der Waals surface area contributed by atoms with Gasteiger partial charge in [-0.3, -0.25) is 14.7 Å². The molecule has 1 atom stereocenters. The zero-order valence-electron chi connectivity index (χ0n) is 13.6. The van der Waals surface area contributed by atoms with Crippen LogP contribution in [0.25, 0.3) is 0 Å². The van der Waals surface area contributed by atoms with Crippen LogP contribution in [0, 0.1) is 0 Å². The van der Waals surface area contributed by atoms with Crippen molar-refractivity contribution in [2.45, 2.75) is 12.8 Å². The van der Waals surface area contributed by atoms with Crippen LogP contribution in [0.3, 0.4) is 0 Å². The minimum atomic E-state index is -1.25. The fourth-order valence-corrected chi connectivity index (χ4v) is 1.61. The van der Waals surface area contributed by atoms with Gasteiger partial charge in [-0.05, 0) is 6.42 Å². The van der Waals surface area contributed by atoms with Crippen LogP contribution in [0.5, 0.6) is 0 Å². The summed E-state index contributed by atoms with van der Waals surface area (Å²) in [6, 6.07) is 0. The molecular formula is C9H17K2N5O4. The van der Waals surface area contributed by atoms with Crippen LogP contribution in [-0.4, -0.2) is 46.5 Å². The molecule has 104 valence electrons. The van der Waals surface area contributed by atoms with Gasteiger partial charge in [0, 0.05) is 6.61 Å². The largest absolute Gasteiger partial charge is 1.00 e. The fraction of sp³-hybridized carbons (Fsp3) is 0.556. The van der Waals surface area contributed by atoms with Crippen molar-refractivity contribution in [1.82, 2.24) is 9.97 Å². The van der Waals surface area contributed by atoms with E-state index < -0.39 is 12.0 Å². The van der Waals surface area contributed by atoms with E-state index in [4.69, 9.17) is 15.6 Å². The maximum absolute atomic E-state index is 11.5. The Kier molecular flexibility index (Phi) is 11.0. The van der Waals surface area contributed by atoms with Gasteiger partial charge in [0.05, 0.1) is 13.3 Å². The SMILES string of the molecule is Nc1nc2c(c(=O)[nH]1)NCN2C(O)OCCCO.[H-].[H-].[K+].[K+]. The van der Waals surface area contributed by atoms with E-state index in [-0.39, 0.29) is 143 Å². The smallest absolute Gasteiger partial charge is 1.00 e. The molecule has 9 nitrogen and oxygen atoms in total. The molecule has 20 heavy (non-hydrogen) atoms. The van der Waals surface area contributed by atoms with Crippen molar-refractivity contribution in [2.24, 2.45) is 0 Å². The van der Waals surface area contributed by atoms with E-state index in [1.165, 1.54) is 4.90 Å². The molecule has 1 unspecified atom stereocenters. The normalized spacial score (nSPS) is 13.8. The first kappa shape index (κ1) is 21.4. The van der Waals surface area contributed by atoms with Crippen LogP contribution in [0.2, 0.25) is 0 Å². The molecule has 0 saturated heterocycles. The molecule has 2 heterocycles. The topological polar surface area (TPSA) is 137 Å². The van der Waals surface area contributed by atoms with Crippen molar-refractivity contribution >= 4 is 17.5 Å². The first-order valence-electron chi connectivity index (χ1n) is 5.44. The van der Waals surface area contributed by atoms with Crippen LogP contribution in [0.4, 0.5) is 17.5 Å². The Morgan fingerprint density at radius 2 is 2.25 bits per heavy atom. The molecule has 1 aromatic rings. The zero-order chi connectivity index (χ0) is 13.1. The van der Waals surface area contributed by atoms with E-state index >= 15 is 0 Å². The number of nitrogens with two attached hydrogens (primary N) is 1. The number of nitrogen functional groups attached to an aromatic ring is 1. The number of hydrogen-bond acceptors (Lipinski definition) is 8. The van der Waals surface area contributed by atoms with Gasteiger partial charge in [-0.2, -0.15) is 4.98 Å². The summed E-state index contributed by atoms with van der Waals surface area (Å²) in [5.74, 6) is 0.211. The van der Waals surface area contributed by atoms with Crippen molar-refractivity contribution in [3.8, 4) is 0 Å². The maximum Gasteiger partial charge on any atom is 1.00 e. The number of H-pyrrole nitrogens is 1. The third-order valence-corrected chi connectivity index (χ3v) is 2.45. The molecule has 0 fully saturated rings. The van der Waals surface area contributed by atoms with E-state index in [9.17, 15) is 9.90 Å². The summed E-state index contributed by atoms with van der Waals surface area (Å²) in [5, 5.41) is 21.2. The number of nitrogens with one attached hydrogen (secondary N) is 2. The standard InChI is InChI=1S/C9H15N5O4.2K.2H/c10-8-12-6-5(7(16)13-8)11-4-14(6)9(17)18-3-1-2-15;;;;/h9,11,15,17H,1-4H2,(H3,10,12,13,16);;;;/q;2*+1;2*-1. The number of aliphatic hydroxyl groups excluding tert-OH is 2. The molecule has 0 spiro atoms. The summed E-state index contributed by atoms with van der Waals surface area (Å²) in [5.41, 5.74) is 5.28. The van der Waals surface area contributed by atoms with Crippen molar-refractivity contribution in [2.75, 3.05) is 35.8 Å². The Hall–Kier alpha value is 1.43. The molecule has 6 N–H and O–H groups in total. The van der Waals surface area contributed by atoms with Gasteiger partial charge in [-0.1, -0.05) is 0 Å². The zero-order valence-corrected chi connectivity index (χ0v) is 17.8. The second-order valence-corrected chi connectivity index (χ2v) is 3.73. The number of hydrogen-bond donors (Lipinski definition) is 5. The van der Waals surface area contributed by atoms with Gasteiger partial charge in [0.15, 0.2) is 5.82 Å². The Bertz CT molecular complexity index is 496. The van der Waals surface area contributed by atoms with E-state index in [0.717, 1.165) is 0 Å². The maximum atomic E-state index is 11.5. The Morgan fingerprint density at radius 1 is 1.55 bits per heavy atom. The van der Waals surface area contributed by atoms with Crippen molar-refractivity contribution in [3.05, 3.63) is 10.4 Å². The number of nitrogens with zero attached hydrogens (tertiary/aromatic N) is 2. The number of anilines is 3. The summed E-state index contributed by atoms with van der Waals surface area (Å²) in [6.07, 6.45) is -0.838. The summed E-state index contributed by atoms with van der Waals surface area (Å²) in [7, 11) is 0. The Balaban J connectivity index is -0.000000902. The molecule has 0 saturated carbocycles. The van der Waals surface area contributed by atoms with E-state index in [1.54, 1.807) is 0 Å². The van der Waals surface area contributed by atoms with Gasteiger partial charge in [-0.15, -0.1) is 0 Å². The predicted octanol–water partition coefficient (Wildman–Crippen LogP) is -7.55. The summed E-state index contributed by atoms with van der Waals surface area (Å²) in [4.78, 5) is 19.2. The Morgan fingerprint density at radius 3 is 2.90 bits per heavy atom. The average molecular weight is 337 g/mol. The first-order chi connectivity index (χ1) is 8.63. The van der Waals surface area contributed by atoms with Crippen molar-refractivity contribution in [1.29, 1.82) is 0 Å². The molecule has 2 rings (SSSR count). The van der Waals surface area contributed by atoms with Crippen LogP contribution in [0.15, 0.2) is 4.79 Å². The summed E-state index contributed by atoms with van der Waals surface area (Å²) < 4.78 is 5.09. The minimum absolute atomic E-state index is 0. The van der Waals surface area contributed by atoms with Gasteiger partial charge >= 0.3 is 103 Å². The third kappa shape index (κ3) is 5.26. The number of aromatic amines is 1. The molecule has 1 aliphatic heterocycles. The van der Waals surface area contributed by atoms with E-state index in [2.05, 4.69) is 15.3 Å². The van der Waals surface area contributed by atoms with E-state index in [1.807, 2.05) is 0 Å². The summed E-state index contributed by atoms with van der Waals surface area (Å²) >= 11 is 0. The first-order valence-corrected chi connectivity index (χ1v) is 5.44. The average Bonchev–Trinajstić information content (AvgIpc) is 2.73. The van der Waals surface area contributed by atoms with Gasteiger partial charge in [-0.25, -0.2) is 0 Å². The summed E-state index contributed by atoms with van der Waals surface area (Å²) in [6.45, 7) is 0.365. The molecule has 0 aliphatic carbocycles. The van der Waals surface area contributed by atoms with Gasteiger partial charge in [0.1, 0.15) is 5.69 Å². The number of aromatic nitrogens is 2. The molecular weight excluding hydrogens is 320 g/mol. The van der Waals surface area contributed by atoms with Crippen molar-refractivity contribution < 1.29 is 121 Å². The number of ether oxygens (including phenoxy) is 1. The quantitative estimate of drug-likeness (QED) is 0.203. The fourth-order valence-electron chi connectivity index (χ4n) is 1.61. The molecule has 0 amide bonds. The third-order valence-electron chi connectivity index (χ3n) is 2.45. The van der Waals surface area contributed by atoms with Crippen LogP contribution >= 0.6 is 0 Å². The Labute approximate surface area is 203 Å². The van der Waals surface area contributed by atoms with Gasteiger partial charge in [0.2, 0.25) is 12.4 Å². The van der Waals surface area contributed by atoms with Crippen molar-refractivity contribution in [3.63, 3.8) is 0 Å². The van der Waals surface area contributed by atoms with Gasteiger partial charge in [0.25, 0.3) is 5.56 Å². The molecule has 11 heteroatoms. The minimum Gasteiger partial charge on any atom is -1.00 e. The number of aliphatic hydroxyl groups is 2. The monoisotopic (exact) mass is 337 g/mol. The van der Waals surface area contributed by atoms with E-state index in [0.29, 0.717) is 6.42 Å². The second kappa shape index (κ2) is 10.3. The molecule has 0 bridgehead atoms. The van der Waals surface area contributed by atoms with Crippen LogP contribution in [0.1, 0.15) is 9.27 Å². The van der Waals surface area contributed by atoms with Gasteiger partial charge < -0.3 is 28.9 Å². The number of fused-ring (bicyclic) bond motifs is 1. The number of rotatable bonds is 5. The second-order valence-electron chi connectivity index (χ2n) is 3.73.